The fourth-order valence-electron chi connectivity index (χ4n) is 1.82. The van der Waals surface area contributed by atoms with Gasteiger partial charge in [-0.05, 0) is 49.2 Å². The maximum atomic E-state index is 3.42. The Balaban J connectivity index is 1.77. The van der Waals surface area contributed by atoms with E-state index < -0.39 is 0 Å². The van der Waals surface area contributed by atoms with Crippen molar-refractivity contribution in [3.8, 4) is 0 Å². The molecule has 0 saturated heterocycles. The van der Waals surface area contributed by atoms with Crippen molar-refractivity contribution in [3.05, 3.63) is 59.7 Å². The van der Waals surface area contributed by atoms with E-state index in [2.05, 4.69) is 54.8 Å². The zero-order chi connectivity index (χ0) is 12.8. The summed E-state index contributed by atoms with van der Waals surface area (Å²) in [4.78, 5) is 0. The van der Waals surface area contributed by atoms with Crippen LogP contribution in [0.5, 0.6) is 0 Å². The zero-order valence-electron chi connectivity index (χ0n) is 11.0. The van der Waals surface area contributed by atoms with E-state index in [9.17, 15) is 0 Å². The SMILES string of the molecule is Cc1ccc(NCCNc2ccccc2)cc1C. The Kier molecular flexibility index (Phi) is 4.24. The lowest BCUT2D eigenvalue weighted by Gasteiger charge is -2.10. The van der Waals surface area contributed by atoms with Gasteiger partial charge in [0, 0.05) is 24.5 Å². The van der Waals surface area contributed by atoms with Crippen LogP contribution in [-0.2, 0) is 0 Å². The first-order chi connectivity index (χ1) is 8.75. The van der Waals surface area contributed by atoms with Crippen molar-refractivity contribution in [2.24, 2.45) is 0 Å². The van der Waals surface area contributed by atoms with Gasteiger partial charge in [-0.1, -0.05) is 24.3 Å². The van der Waals surface area contributed by atoms with E-state index in [4.69, 9.17) is 0 Å². The molecule has 0 unspecified atom stereocenters. The van der Waals surface area contributed by atoms with Gasteiger partial charge in [0.25, 0.3) is 0 Å². The molecule has 18 heavy (non-hydrogen) atoms. The molecule has 0 saturated carbocycles. The molecule has 2 heteroatoms. The van der Waals surface area contributed by atoms with E-state index in [-0.39, 0.29) is 0 Å². The molecule has 0 amide bonds. The Labute approximate surface area is 109 Å². The molecule has 2 aromatic rings. The molecule has 2 aromatic carbocycles. The summed E-state index contributed by atoms with van der Waals surface area (Å²) in [6, 6.07) is 16.7. The van der Waals surface area contributed by atoms with Crippen LogP contribution in [0.25, 0.3) is 0 Å². The largest absolute Gasteiger partial charge is 0.383 e. The van der Waals surface area contributed by atoms with Crippen LogP contribution in [0, 0.1) is 13.8 Å². The summed E-state index contributed by atoms with van der Waals surface area (Å²) >= 11 is 0. The first-order valence-corrected chi connectivity index (χ1v) is 6.36. The smallest absolute Gasteiger partial charge is 0.0343 e. The second-order valence-corrected chi connectivity index (χ2v) is 4.52. The third-order valence-electron chi connectivity index (χ3n) is 3.06. The summed E-state index contributed by atoms with van der Waals surface area (Å²) in [5.41, 5.74) is 5.02. The number of aryl methyl sites for hydroxylation is 2. The molecule has 0 bridgehead atoms. The van der Waals surface area contributed by atoms with Gasteiger partial charge >= 0.3 is 0 Å². The van der Waals surface area contributed by atoms with Gasteiger partial charge in [0.15, 0.2) is 0 Å². The first kappa shape index (κ1) is 12.5. The zero-order valence-corrected chi connectivity index (χ0v) is 11.0. The van der Waals surface area contributed by atoms with Gasteiger partial charge in [-0.3, -0.25) is 0 Å². The fraction of sp³-hybridized carbons (Fsp3) is 0.250. The predicted octanol–water partition coefficient (Wildman–Crippen LogP) is 3.83. The van der Waals surface area contributed by atoms with Crippen LogP contribution in [0.15, 0.2) is 48.5 Å². The quantitative estimate of drug-likeness (QED) is 0.776. The molecule has 2 rings (SSSR count). The van der Waals surface area contributed by atoms with Gasteiger partial charge in [-0.25, -0.2) is 0 Å². The van der Waals surface area contributed by atoms with E-state index in [0.717, 1.165) is 13.1 Å². The van der Waals surface area contributed by atoms with Crippen LogP contribution in [0.1, 0.15) is 11.1 Å². The standard InChI is InChI=1S/C16H20N2/c1-13-8-9-16(12-14(13)2)18-11-10-17-15-6-4-3-5-7-15/h3-9,12,17-18H,10-11H2,1-2H3. The van der Waals surface area contributed by atoms with Crippen LogP contribution >= 0.6 is 0 Å². The molecule has 0 aliphatic carbocycles. The minimum absolute atomic E-state index is 0.914. The van der Waals surface area contributed by atoms with Crippen LogP contribution in [0.3, 0.4) is 0 Å². The molecule has 0 spiro atoms. The molecule has 0 radical (unpaired) electrons. The van der Waals surface area contributed by atoms with E-state index in [0.29, 0.717) is 0 Å². The fourth-order valence-corrected chi connectivity index (χ4v) is 1.82. The Morgan fingerprint density at radius 3 is 2.06 bits per heavy atom. The number of rotatable bonds is 5. The average molecular weight is 240 g/mol. The van der Waals surface area contributed by atoms with Crippen molar-refractivity contribution in [1.82, 2.24) is 0 Å². The summed E-state index contributed by atoms with van der Waals surface area (Å²) in [6.45, 7) is 6.10. The molecule has 0 aromatic heterocycles. The Hall–Kier alpha value is -1.96. The van der Waals surface area contributed by atoms with Gasteiger partial charge in [0.05, 0.1) is 0 Å². The van der Waals surface area contributed by atoms with Crippen molar-refractivity contribution in [2.75, 3.05) is 23.7 Å². The summed E-state index contributed by atoms with van der Waals surface area (Å²) in [7, 11) is 0. The molecule has 2 N–H and O–H groups in total. The summed E-state index contributed by atoms with van der Waals surface area (Å²) in [5.74, 6) is 0. The molecule has 0 fully saturated rings. The Morgan fingerprint density at radius 2 is 1.39 bits per heavy atom. The molecule has 94 valence electrons. The third kappa shape index (κ3) is 3.52. The van der Waals surface area contributed by atoms with Gasteiger partial charge in [-0.15, -0.1) is 0 Å². The monoisotopic (exact) mass is 240 g/mol. The number of benzene rings is 2. The maximum absolute atomic E-state index is 3.42. The lowest BCUT2D eigenvalue weighted by Crippen LogP contribution is -2.13. The van der Waals surface area contributed by atoms with Crippen LogP contribution in [-0.4, -0.2) is 13.1 Å². The lowest BCUT2D eigenvalue weighted by atomic mass is 10.1. The highest BCUT2D eigenvalue weighted by Gasteiger charge is 1.95. The van der Waals surface area contributed by atoms with Crippen LogP contribution < -0.4 is 10.6 Å². The minimum atomic E-state index is 0.914. The van der Waals surface area contributed by atoms with E-state index in [1.54, 1.807) is 0 Å². The molecule has 0 aliphatic rings. The highest BCUT2D eigenvalue weighted by atomic mass is 14.9. The van der Waals surface area contributed by atoms with Crippen molar-refractivity contribution < 1.29 is 0 Å². The maximum Gasteiger partial charge on any atom is 0.0343 e. The highest BCUT2D eigenvalue weighted by molar-refractivity contribution is 5.48. The molecular weight excluding hydrogens is 220 g/mol. The minimum Gasteiger partial charge on any atom is -0.383 e. The average Bonchev–Trinajstić information content (AvgIpc) is 2.40. The molecule has 0 heterocycles. The van der Waals surface area contributed by atoms with Gasteiger partial charge < -0.3 is 10.6 Å². The topological polar surface area (TPSA) is 24.1 Å². The number of para-hydroxylation sites is 1. The van der Waals surface area contributed by atoms with Crippen molar-refractivity contribution in [3.63, 3.8) is 0 Å². The van der Waals surface area contributed by atoms with Crippen LogP contribution in [0.2, 0.25) is 0 Å². The van der Waals surface area contributed by atoms with Crippen molar-refractivity contribution in [2.45, 2.75) is 13.8 Å². The second-order valence-electron chi connectivity index (χ2n) is 4.52. The number of nitrogens with one attached hydrogen (secondary N) is 2. The predicted molar refractivity (Wildman–Crippen MR) is 79.3 cm³/mol. The van der Waals surface area contributed by atoms with Crippen LogP contribution in [0.4, 0.5) is 11.4 Å². The first-order valence-electron chi connectivity index (χ1n) is 6.36. The Bertz CT molecular complexity index is 492. The highest BCUT2D eigenvalue weighted by Crippen LogP contribution is 2.13. The summed E-state index contributed by atoms with van der Waals surface area (Å²) in [5, 5.41) is 6.80. The van der Waals surface area contributed by atoms with Gasteiger partial charge in [0.1, 0.15) is 0 Å². The third-order valence-corrected chi connectivity index (χ3v) is 3.06. The van der Waals surface area contributed by atoms with E-state index in [1.807, 2.05) is 18.2 Å². The van der Waals surface area contributed by atoms with Gasteiger partial charge in [-0.2, -0.15) is 0 Å². The normalized spacial score (nSPS) is 10.1. The van der Waals surface area contributed by atoms with Crippen molar-refractivity contribution in [1.29, 1.82) is 0 Å². The molecule has 0 aliphatic heterocycles. The Morgan fingerprint density at radius 1 is 0.722 bits per heavy atom. The second kappa shape index (κ2) is 6.10. The van der Waals surface area contributed by atoms with Gasteiger partial charge in [0.2, 0.25) is 0 Å². The van der Waals surface area contributed by atoms with Crippen molar-refractivity contribution >= 4 is 11.4 Å². The summed E-state index contributed by atoms with van der Waals surface area (Å²) < 4.78 is 0. The van der Waals surface area contributed by atoms with E-state index >= 15 is 0 Å². The summed E-state index contributed by atoms with van der Waals surface area (Å²) in [6.07, 6.45) is 0. The number of hydrogen-bond donors (Lipinski definition) is 2. The number of anilines is 2. The molecular formula is C16H20N2. The van der Waals surface area contributed by atoms with E-state index in [1.165, 1.54) is 22.5 Å². The number of hydrogen-bond acceptors (Lipinski definition) is 2. The molecule has 0 atom stereocenters. The lowest BCUT2D eigenvalue weighted by molar-refractivity contribution is 1.08. The molecule has 2 nitrogen and oxygen atoms in total.